The summed E-state index contributed by atoms with van der Waals surface area (Å²) in [5, 5.41) is 3.13. The molecule has 0 aliphatic carbocycles. The van der Waals surface area contributed by atoms with Gasteiger partial charge >= 0.3 is 0 Å². The van der Waals surface area contributed by atoms with Gasteiger partial charge in [-0.25, -0.2) is 9.37 Å². The van der Waals surface area contributed by atoms with E-state index in [9.17, 15) is 4.39 Å². The van der Waals surface area contributed by atoms with Gasteiger partial charge in [-0.3, -0.25) is 4.57 Å². The number of aromatic nitrogens is 2. The highest BCUT2D eigenvalue weighted by molar-refractivity contribution is 9.10. The van der Waals surface area contributed by atoms with Crippen molar-refractivity contribution in [2.45, 2.75) is 0 Å². The standard InChI is InChI=1S/C15H11BrFN3/c16-13-7-6-11(17)10-14(13)19-15-18-8-9-20(15)12-4-2-1-3-5-12/h1-10H,(H,18,19). The van der Waals surface area contributed by atoms with Gasteiger partial charge in [-0.2, -0.15) is 0 Å². The van der Waals surface area contributed by atoms with Crippen molar-refractivity contribution in [3.63, 3.8) is 0 Å². The van der Waals surface area contributed by atoms with E-state index in [1.54, 1.807) is 12.3 Å². The maximum atomic E-state index is 13.3. The van der Waals surface area contributed by atoms with Gasteiger partial charge in [0.15, 0.2) is 0 Å². The van der Waals surface area contributed by atoms with Gasteiger partial charge in [0.1, 0.15) is 5.82 Å². The molecule has 100 valence electrons. The molecule has 0 aliphatic heterocycles. The van der Waals surface area contributed by atoms with Crippen LogP contribution in [0.2, 0.25) is 0 Å². The molecule has 0 radical (unpaired) electrons. The van der Waals surface area contributed by atoms with Crippen LogP contribution in [-0.2, 0) is 0 Å². The van der Waals surface area contributed by atoms with Gasteiger partial charge in [-0.15, -0.1) is 0 Å². The second kappa shape index (κ2) is 5.46. The van der Waals surface area contributed by atoms with Crippen molar-refractivity contribution in [1.82, 2.24) is 9.55 Å². The first-order valence-corrected chi connectivity index (χ1v) is 6.84. The molecule has 0 saturated carbocycles. The number of hydrogen-bond acceptors (Lipinski definition) is 2. The molecule has 2 aromatic carbocycles. The van der Waals surface area contributed by atoms with E-state index in [-0.39, 0.29) is 5.82 Å². The van der Waals surface area contributed by atoms with E-state index >= 15 is 0 Å². The average Bonchev–Trinajstić information content (AvgIpc) is 2.92. The number of para-hydroxylation sites is 1. The summed E-state index contributed by atoms with van der Waals surface area (Å²) in [7, 11) is 0. The van der Waals surface area contributed by atoms with Crippen molar-refractivity contribution >= 4 is 27.6 Å². The van der Waals surface area contributed by atoms with Crippen LogP contribution in [-0.4, -0.2) is 9.55 Å². The van der Waals surface area contributed by atoms with Crippen LogP contribution in [0.5, 0.6) is 0 Å². The summed E-state index contributed by atoms with van der Waals surface area (Å²) >= 11 is 3.39. The summed E-state index contributed by atoms with van der Waals surface area (Å²) in [6.45, 7) is 0. The minimum absolute atomic E-state index is 0.298. The molecule has 0 saturated heterocycles. The molecule has 0 unspecified atom stereocenters. The zero-order valence-corrected chi connectivity index (χ0v) is 12.0. The molecule has 1 aromatic heterocycles. The number of hydrogen-bond donors (Lipinski definition) is 1. The van der Waals surface area contributed by atoms with Crippen LogP contribution in [0.4, 0.5) is 16.0 Å². The number of benzene rings is 2. The average molecular weight is 332 g/mol. The van der Waals surface area contributed by atoms with Crippen LogP contribution in [0.1, 0.15) is 0 Å². The van der Waals surface area contributed by atoms with Crippen molar-refractivity contribution in [3.05, 3.63) is 71.2 Å². The second-order valence-corrected chi connectivity index (χ2v) is 5.06. The van der Waals surface area contributed by atoms with Crippen LogP contribution in [0.25, 0.3) is 5.69 Å². The molecule has 20 heavy (non-hydrogen) atoms. The smallest absolute Gasteiger partial charge is 0.212 e. The van der Waals surface area contributed by atoms with E-state index < -0.39 is 0 Å². The molecule has 1 heterocycles. The van der Waals surface area contributed by atoms with Crippen LogP contribution in [0.3, 0.4) is 0 Å². The largest absolute Gasteiger partial charge is 0.324 e. The molecule has 0 spiro atoms. The number of halogens is 2. The summed E-state index contributed by atoms with van der Waals surface area (Å²) < 4.78 is 16.0. The third kappa shape index (κ3) is 2.58. The molecular formula is C15H11BrFN3. The first-order valence-electron chi connectivity index (χ1n) is 6.05. The number of nitrogens with zero attached hydrogens (tertiary/aromatic N) is 2. The lowest BCUT2D eigenvalue weighted by atomic mass is 10.3. The van der Waals surface area contributed by atoms with E-state index in [0.29, 0.717) is 11.6 Å². The molecule has 5 heteroatoms. The molecule has 1 N–H and O–H groups in total. The zero-order valence-electron chi connectivity index (χ0n) is 10.4. The highest BCUT2D eigenvalue weighted by Crippen LogP contribution is 2.27. The molecule has 0 aliphatic rings. The predicted molar refractivity (Wildman–Crippen MR) is 80.9 cm³/mol. The van der Waals surface area contributed by atoms with Gasteiger partial charge < -0.3 is 5.32 Å². The highest BCUT2D eigenvalue weighted by atomic mass is 79.9. The first-order chi connectivity index (χ1) is 9.74. The van der Waals surface area contributed by atoms with Crippen molar-refractivity contribution in [3.8, 4) is 5.69 Å². The lowest BCUT2D eigenvalue weighted by Gasteiger charge is -2.11. The Kier molecular flexibility index (Phi) is 3.52. The minimum Gasteiger partial charge on any atom is -0.324 e. The fraction of sp³-hybridized carbons (Fsp3) is 0. The lowest BCUT2D eigenvalue weighted by molar-refractivity contribution is 0.628. The Morgan fingerprint density at radius 2 is 1.90 bits per heavy atom. The topological polar surface area (TPSA) is 29.9 Å². The fourth-order valence-electron chi connectivity index (χ4n) is 1.91. The molecule has 3 nitrogen and oxygen atoms in total. The lowest BCUT2D eigenvalue weighted by Crippen LogP contribution is -2.01. The van der Waals surface area contributed by atoms with E-state index in [2.05, 4.69) is 26.2 Å². The van der Waals surface area contributed by atoms with Gasteiger partial charge in [0.05, 0.1) is 5.69 Å². The Labute approximate surface area is 124 Å². The van der Waals surface area contributed by atoms with E-state index in [0.717, 1.165) is 10.2 Å². The molecule has 3 aromatic rings. The van der Waals surface area contributed by atoms with E-state index in [1.165, 1.54) is 12.1 Å². The number of imidazole rings is 1. The van der Waals surface area contributed by atoms with E-state index in [1.807, 2.05) is 41.1 Å². The normalized spacial score (nSPS) is 10.5. The highest BCUT2D eigenvalue weighted by Gasteiger charge is 2.08. The van der Waals surface area contributed by atoms with Crippen molar-refractivity contribution in [2.24, 2.45) is 0 Å². The summed E-state index contributed by atoms with van der Waals surface area (Å²) in [4.78, 5) is 4.27. The maximum Gasteiger partial charge on any atom is 0.212 e. The van der Waals surface area contributed by atoms with E-state index in [4.69, 9.17) is 0 Å². The Morgan fingerprint density at radius 1 is 1.10 bits per heavy atom. The van der Waals surface area contributed by atoms with Gasteiger partial charge in [0.25, 0.3) is 0 Å². The SMILES string of the molecule is Fc1ccc(Br)c(Nc2nccn2-c2ccccc2)c1. The molecule has 0 amide bonds. The molecule has 0 fully saturated rings. The number of rotatable bonds is 3. The summed E-state index contributed by atoms with van der Waals surface area (Å²) in [5.41, 5.74) is 1.62. The Bertz CT molecular complexity index is 725. The molecule has 3 rings (SSSR count). The van der Waals surface area contributed by atoms with Crippen molar-refractivity contribution in [2.75, 3.05) is 5.32 Å². The van der Waals surface area contributed by atoms with Crippen LogP contribution >= 0.6 is 15.9 Å². The van der Waals surface area contributed by atoms with Crippen molar-refractivity contribution < 1.29 is 4.39 Å². The fourth-order valence-corrected chi connectivity index (χ4v) is 2.25. The zero-order chi connectivity index (χ0) is 13.9. The third-order valence-corrected chi connectivity index (χ3v) is 3.54. The monoisotopic (exact) mass is 331 g/mol. The summed E-state index contributed by atoms with van der Waals surface area (Å²) in [6.07, 6.45) is 3.55. The van der Waals surface area contributed by atoms with Crippen molar-refractivity contribution in [1.29, 1.82) is 0 Å². The Balaban J connectivity index is 1.97. The Morgan fingerprint density at radius 3 is 2.70 bits per heavy atom. The third-order valence-electron chi connectivity index (χ3n) is 2.85. The van der Waals surface area contributed by atoms with Gasteiger partial charge in [0.2, 0.25) is 5.95 Å². The van der Waals surface area contributed by atoms with Gasteiger partial charge in [-0.1, -0.05) is 18.2 Å². The second-order valence-electron chi connectivity index (χ2n) is 4.21. The molecule has 0 bridgehead atoms. The van der Waals surface area contributed by atoms with Crippen LogP contribution in [0, 0.1) is 5.82 Å². The van der Waals surface area contributed by atoms with Crippen LogP contribution in [0.15, 0.2) is 65.4 Å². The maximum absolute atomic E-state index is 13.3. The number of anilines is 2. The van der Waals surface area contributed by atoms with Gasteiger partial charge in [0, 0.05) is 22.6 Å². The quantitative estimate of drug-likeness (QED) is 0.764. The summed E-state index contributed by atoms with van der Waals surface area (Å²) in [5.74, 6) is 0.330. The Hall–Kier alpha value is -2.14. The first kappa shape index (κ1) is 12.9. The predicted octanol–water partition coefficient (Wildman–Crippen LogP) is 4.52. The molecule has 0 atom stereocenters. The van der Waals surface area contributed by atoms with Crippen LogP contribution < -0.4 is 5.32 Å². The summed E-state index contributed by atoms with van der Waals surface area (Å²) in [6, 6.07) is 14.3. The minimum atomic E-state index is -0.298. The number of nitrogens with one attached hydrogen (secondary N) is 1. The van der Waals surface area contributed by atoms with Gasteiger partial charge in [-0.05, 0) is 46.3 Å². The molecular weight excluding hydrogens is 321 g/mol.